The number of carbonyl (C=O) groups is 7. The maximum atomic E-state index is 13.7. The molecular weight excluding hydrogens is 853 g/mol. The summed E-state index contributed by atoms with van der Waals surface area (Å²) in [6.07, 6.45) is 3.55. The Kier molecular flexibility index (Phi) is 21.4. The topological polar surface area (TPSA) is 218 Å². The van der Waals surface area contributed by atoms with Crippen LogP contribution in [0.3, 0.4) is 0 Å². The van der Waals surface area contributed by atoms with Crippen molar-refractivity contribution in [3.05, 3.63) is 113 Å². The first-order chi connectivity index (χ1) is 31.9. The van der Waals surface area contributed by atoms with Crippen molar-refractivity contribution in [1.29, 1.82) is 0 Å². The summed E-state index contributed by atoms with van der Waals surface area (Å²) >= 11 is 0. The summed E-state index contributed by atoms with van der Waals surface area (Å²) in [5, 5.41) is 9.14. The number of hydroxylamine groups is 2. The number of nitrogens with zero attached hydrogens (tertiary/aromatic N) is 1. The molecule has 0 aliphatic carbocycles. The molecule has 1 aromatic heterocycles. The quantitative estimate of drug-likeness (QED) is 0.0179. The van der Waals surface area contributed by atoms with E-state index >= 15 is 0 Å². The van der Waals surface area contributed by atoms with E-state index in [9.17, 15) is 33.6 Å². The Labute approximate surface area is 384 Å². The second-order valence-electron chi connectivity index (χ2n) is 15.4. The van der Waals surface area contributed by atoms with Gasteiger partial charge in [-0.3, -0.25) is 33.6 Å². The zero-order valence-electron chi connectivity index (χ0n) is 38.1. The second-order valence-corrected chi connectivity index (χ2v) is 15.4. The number of hydrogen-bond donors (Lipinski definition) is 3. The lowest BCUT2D eigenvalue weighted by Gasteiger charge is -2.32. The summed E-state index contributed by atoms with van der Waals surface area (Å²) in [7, 11) is 0. The highest BCUT2D eigenvalue weighted by molar-refractivity contribution is 6.00. The summed E-state index contributed by atoms with van der Waals surface area (Å²) in [6.45, 7) is 8.13. The standard InChI is InChI=1S/C49H60N4O13/c1-6-9-12-21-37(40(7-2)53(31-54)65-29-35-19-15-11-16-20-35)45(56)50-30-51-47(58)42-25-24-41(66-42)36-22-23-38(43(26-36)61-8-3)46(57)52-39(49(60)64-32-63-48(59)33(4)5)27-44(55)62-28-34-17-13-10-14-18-34/h10-11,13-20,22-26,31,33,37,39-40H,6-9,12,21,27-30,32H2,1-5H3,(H,50,56)(H,51,58)(H,52,57)/t37-,39?,40-/m1/s1. The van der Waals surface area contributed by atoms with Crippen LogP contribution < -0.4 is 20.7 Å². The molecule has 17 heteroatoms. The number of amides is 4. The Hall–Kier alpha value is -7.01. The van der Waals surface area contributed by atoms with Crippen molar-refractivity contribution in [3.63, 3.8) is 0 Å². The van der Waals surface area contributed by atoms with E-state index in [1.165, 1.54) is 23.3 Å². The van der Waals surface area contributed by atoms with Crippen LogP contribution in [0.25, 0.3) is 11.3 Å². The number of nitrogens with one attached hydrogen (secondary N) is 3. The Morgan fingerprint density at radius 3 is 2.08 bits per heavy atom. The summed E-state index contributed by atoms with van der Waals surface area (Å²) in [5.74, 6) is -5.02. The summed E-state index contributed by atoms with van der Waals surface area (Å²) in [6, 6.07) is 23.7. The van der Waals surface area contributed by atoms with Crippen LogP contribution >= 0.6 is 0 Å². The van der Waals surface area contributed by atoms with Crippen LogP contribution in [-0.2, 0) is 56.2 Å². The fourth-order valence-electron chi connectivity index (χ4n) is 6.67. The molecule has 0 radical (unpaired) electrons. The largest absolute Gasteiger partial charge is 0.493 e. The molecule has 3 N–H and O–H groups in total. The first-order valence-corrected chi connectivity index (χ1v) is 22.1. The van der Waals surface area contributed by atoms with Crippen LogP contribution in [-0.4, -0.2) is 79.3 Å². The van der Waals surface area contributed by atoms with E-state index in [0.717, 1.165) is 24.8 Å². The van der Waals surface area contributed by atoms with Crippen LogP contribution in [0.2, 0.25) is 0 Å². The number of furan rings is 1. The maximum absolute atomic E-state index is 13.7. The smallest absolute Gasteiger partial charge is 0.332 e. The molecule has 0 aliphatic heterocycles. The molecule has 0 aliphatic rings. The zero-order chi connectivity index (χ0) is 47.8. The molecule has 3 aromatic carbocycles. The minimum absolute atomic E-state index is 0.000108. The number of rotatable bonds is 28. The van der Waals surface area contributed by atoms with Crippen molar-refractivity contribution in [2.24, 2.45) is 11.8 Å². The highest BCUT2D eigenvalue weighted by Gasteiger charge is 2.32. The van der Waals surface area contributed by atoms with Gasteiger partial charge in [0.15, 0.2) is 5.76 Å². The lowest BCUT2D eigenvalue weighted by Crippen LogP contribution is -2.48. The molecule has 0 spiro atoms. The van der Waals surface area contributed by atoms with Crippen molar-refractivity contribution in [2.45, 2.75) is 98.4 Å². The predicted octanol–water partition coefficient (Wildman–Crippen LogP) is 6.65. The van der Waals surface area contributed by atoms with Gasteiger partial charge in [-0.05, 0) is 55.2 Å². The van der Waals surface area contributed by atoms with Crippen LogP contribution in [0.15, 0.2) is 95.4 Å². The number of esters is 3. The fourth-order valence-corrected chi connectivity index (χ4v) is 6.67. The van der Waals surface area contributed by atoms with Gasteiger partial charge in [0.05, 0.1) is 43.1 Å². The fraction of sp³-hybridized carbons (Fsp3) is 0.408. The van der Waals surface area contributed by atoms with Crippen molar-refractivity contribution >= 4 is 42.0 Å². The number of hydrogen-bond acceptors (Lipinski definition) is 13. The Morgan fingerprint density at radius 2 is 1.44 bits per heavy atom. The van der Waals surface area contributed by atoms with Crippen molar-refractivity contribution < 1.29 is 61.8 Å². The lowest BCUT2D eigenvalue weighted by atomic mass is 9.90. The van der Waals surface area contributed by atoms with E-state index in [2.05, 4.69) is 22.9 Å². The maximum Gasteiger partial charge on any atom is 0.332 e. The van der Waals surface area contributed by atoms with Gasteiger partial charge in [0.1, 0.15) is 30.8 Å². The van der Waals surface area contributed by atoms with Gasteiger partial charge in [-0.2, -0.15) is 0 Å². The second kappa shape index (κ2) is 27.3. The molecule has 354 valence electrons. The summed E-state index contributed by atoms with van der Waals surface area (Å²) in [4.78, 5) is 96.5. The van der Waals surface area contributed by atoms with Gasteiger partial charge in [-0.1, -0.05) is 114 Å². The third kappa shape index (κ3) is 16.2. The molecule has 1 unspecified atom stereocenters. The van der Waals surface area contributed by atoms with Crippen molar-refractivity contribution in [1.82, 2.24) is 21.0 Å². The number of unbranched alkanes of at least 4 members (excludes halogenated alkanes) is 2. The van der Waals surface area contributed by atoms with E-state index in [0.29, 0.717) is 30.4 Å². The molecule has 0 fully saturated rings. The minimum atomic E-state index is -1.53. The van der Waals surface area contributed by atoms with Crippen molar-refractivity contribution in [3.8, 4) is 17.1 Å². The van der Waals surface area contributed by atoms with Gasteiger partial charge in [-0.15, -0.1) is 0 Å². The van der Waals surface area contributed by atoms with Gasteiger partial charge < -0.3 is 39.3 Å². The molecule has 0 saturated carbocycles. The monoisotopic (exact) mass is 912 g/mol. The minimum Gasteiger partial charge on any atom is -0.493 e. The predicted molar refractivity (Wildman–Crippen MR) is 241 cm³/mol. The highest BCUT2D eigenvalue weighted by Crippen LogP contribution is 2.30. The summed E-state index contributed by atoms with van der Waals surface area (Å²) < 4.78 is 27.0. The van der Waals surface area contributed by atoms with E-state index in [-0.39, 0.29) is 55.2 Å². The average molecular weight is 913 g/mol. The van der Waals surface area contributed by atoms with Gasteiger partial charge in [0, 0.05) is 5.56 Å². The van der Waals surface area contributed by atoms with Crippen LogP contribution in [0.1, 0.15) is 105 Å². The molecule has 4 aromatic rings. The third-order valence-electron chi connectivity index (χ3n) is 10.2. The molecule has 1 heterocycles. The van der Waals surface area contributed by atoms with Gasteiger partial charge in [0.25, 0.3) is 11.8 Å². The number of ether oxygens (including phenoxy) is 4. The van der Waals surface area contributed by atoms with Crippen molar-refractivity contribution in [2.75, 3.05) is 20.1 Å². The van der Waals surface area contributed by atoms with E-state index < -0.39 is 66.9 Å². The van der Waals surface area contributed by atoms with E-state index in [4.69, 9.17) is 28.2 Å². The molecule has 66 heavy (non-hydrogen) atoms. The molecule has 17 nitrogen and oxygen atoms in total. The average Bonchev–Trinajstić information content (AvgIpc) is 3.83. The lowest BCUT2D eigenvalue weighted by molar-refractivity contribution is -0.200. The Morgan fingerprint density at radius 1 is 0.758 bits per heavy atom. The SMILES string of the molecule is CCCCC[C@@H](C(=O)NCNC(=O)c1ccc(-c2ccc(C(=O)NC(CC(=O)OCc3ccccc3)C(=O)OCOC(=O)C(C)C)c(OCC)c2)o1)[C@@H](CC)N(C=O)OCc1ccccc1. The summed E-state index contributed by atoms with van der Waals surface area (Å²) in [5.41, 5.74) is 2.02. The van der Waals surface area contributed by atoms with Gasteiger partial charge in [0.2, 0.25) is 19.1 Å². The van der Waals surface area contributed by atoms with Crippen LogP contribution in [0.5, 0.6) is 5.75 Å². The van der Waals surface area contributed by atoms with Crippen LogP contribution in [0.4, 0.5) is 0 Å². The van der Waals surface area contributed by atoms with E-state index in [1.807, 2.05) is 43.3 Å². The zero-order valence-corrected chi connectivity index (χ0v) is 38.1. The third-order valence-corrected chi connectivity index (χ3v) is 10.2. The Bertz CT molecular complexity index is 2200. The van der Waals surface area contributed by atoms with E-state index in [1.54, 1.807) is 57.2 Å². The number of benzene rings is 3. The first kappa shape index (κ1) is 51.6. The van der Waals surface area contributed by atoms with Gasteiger partial charge >= 0.3 is 17.9 Å². The number of carbonyl (C=O) groups excluding carboxylic acids is 7. The molecule has 0 bridgehead atoms. The normalized spacial score (nSPS) is 12.2. The molecular formula is C49H60N4O13. The molecule has 4 rings (SSSR count). The Balaban J connectivity index is 1.41. The highest BCUT2D eigenvalue weighted by atomic mass is 16.7. The molecule has 3 atom stereocenters. The first-order valence-electron chi connectivity index (χ1n) is 22.1. The molecule has 0 saturated heterocycles. The van der Waals surface area contributed by atoms with Gasteiger partial charge in [-0.25, -0.2) is 9.86 Å². The van der Waals surface area contributed by atoms with Crippen LogP contribution in [0, 0.1) is 11.8 Å². The molecule has 4 amide bonds.